The number of nitrogens with zero attached hydrogens (tertiary/aromatic N) is 1. The second-order valence-corrected chi connectivity index (χ2v) is 5.00. The molecule has 1 aromatic carbocycles. The van der Waals surface area contributed by atoms with Crippen LogP contribution in [0.15, 0.2) is 36.5 Å². The predicted octanol–water partition coefficient (Wildman–Crippen LogP) is 1.98. The van der Waals surface area contributed by atoms with Crippen LogP contribution in [0, 0.1) is 6.92 Å². The molecule has 5 nitrogen and oxygen atoms in total. The number of hydrogen-bond donors (Lipinski definition) is 2. The van der Waals surface area contributed by atoms with Crippen molar-refractivity contribution in [1.82, 2.24) is 4.98 Å². The summed E-state index contributed by atoms with van der Waals surface area (Å²) in [6.45, 7) is 4.15. The lowest BCUT2D eigenvalue weighted by Gasteiger charge is -2.23. The van der Waals surface area contributed by atoms with Gasteiger partial charge in [-0.05, 0) is 32.0 Å². The molecule has 1 aliphatic rings. The molecule has 1 aliphatic heterocycles. The summed E-state index contributed by atoms with van der Waals surface area (Å²) in [6, 6.07) is 8.82. The molecule has 0 saturated carbocycles. The quantitative estimate of drug-likeness (QED) is 0.904. The maximum Gasteiger partial charge on any atom is 0.266 e. The number of anilines is 1. The van der Waals surface area contributed by atoms with Crippen LogP contribution in [0.5, 0.6) is 5.88 Å². The molecule has 108 valence electrons. The Morgan fingerprint density at radius 1 is 1.33 bits per heavy atom. The number of carbonyl (C=O) groups excluding carboxylic acids is 1. The number of benzene rings is 1. The van der Waals surface area contributed by atoms with Gasteiger partial charge in [0.05, 0.1) is 12.2 Å². The zero-order chi connectivity index (χ0) is 15.0. The van der Waals surface area contributed by atoms with Gasteiger partial charge in [0.15, 0.2) is 0 Å². The van der Waals surface area contributed by atoms with Crippen molar-refractivity contribution in [1.29, 1.82) is 0 Å². The second-order valence-electron chi connectivity index (χ2n) is 5.00. The molecule has 1 aromatic heterocycles. The molecular weight excluding hydrogens is 268 g/mol. The number of aromatic nitrogens is 1. The Labute approximate surface area is 122 Å². The van der Waals surface area contributed by atoms with E-state index in [1.54, 1.807) is 30.5 Å². The number of fused-ring (bicyclic) bond motifs is 1. The van der Waals surface area contributed by atoms with Gasteiger partial charge in [-0.3, -0.25) is 4.79 Å². The van der Waals surface area contributed by atoms with Gasteiger partial charge in [-0.15, -0.1) is 0 Å². The third-order valence-corrected chi connectivity index (χ3v) is 3.58. The van der Waals surface area contributed by atoms with E-state index in [0.717, 1.165) is 5.56 Å². The first-order valence-electron chi connectivity index (χ1n) is 6.80. The number of hydrogen-bond acceptors (Lipinski definition) is 4. The van der Waals surface area contributed by atoms with Crippen LogP contribution in [0.3, 0.4) is 0 Å². The van der Waals surface area contributed by atoms with Crippen LogP contribution in [0.2, 0.25) is 0 Å². The monoisotopic (exact) mass is 284 g/mol. The fourth-order valence-electron chi connectivity index (χ4n) is 2.59. The third kappa shape index (κ3) is 1.97. The topological polar surface area (TPSA) is 71.5 Å². The van der Waals surface area contributed by atoms with Gasteiger partial charge in [-0.1, -0.05) is 17.7 Å². The fraction of sp³-hybridized carbons (Fsp3) is 0.250. The summed E-state index contributed by atoms with van der Waals surface area (Å²) in [5, 5.41) is 13.8. The average Bonchev–Trinajstić information content (AvgIpc) is 2.73. The van der Waals surface area contributed by atoms with E-state index in [4.69, 9.17) is 4.74 Å². The number of rotatable bonds is 3. The van der Waals surface area contributed by atoms with E-state index in [9.17, 15) is 9.90 Å². The molecule has 1 amide bonds. The summed E-state index contributed by atoms with van der Waals surface area (Å²) in [5.41, 5.74) is 0.681. The Morgan fingerprint density at radius 3 is 2.90 bits per heavy atom. The van der Waals surface area contributed by atoms with Gasteiger partial charge in [0, 0.05) is 17.4 Å². The highest BCUT2D eigenvalue weighted by Gasteiger charge is 2.48. The summed E-state index contributed by atoms with van der Waals surface area (Å²) >= 11 is 0. The van der Waals surface area contributed by atoms with E-state index < -0.39 is 11.5 Å². The van der Waals surface area contributed by atoms with Gasteiger partial charge in [-0.2, -0.15) is 0 Å². The number of pyridine rings is 1. The summed E-state index contributed by atoms with van der Waals surface area (Å²) in [7, 11) is 0. The molecule has 2 N–H and O–H groups in total. The van der Waals surface area contributed by atoms with Crippen molar-refractivity contribution in [2.45, 2.75) is 19.4 Å². The lowest BCUT2D eigenvalue weighted by molar-refractivity contribution is -0.129. The minimum Gasteiger partial charge on any atom is -0.478 e. The number of amides is 1. The van der Waals surface area contributed by atoms with E-state index >= 15 is 0 Å². The number of aryl methyl sites for hydroxylation is 1. The van der Waals surface area contributed by atoms with E-state index in [-0.39, 0.29) is 5.88 Å². The molecule has 0 fully saturated rings. The molecule has 3 rings (SSSR count). The smallest absolute Gasteiger partial charge is 0.266 e. The van der Waals surface area contributed by atoms with Gasteiger partial charge < -0.3 is 15.2 Å². The Hall–Kier alpha value is -2.40. The van der Waals surface area contributed by atoms with Crippen molar-refractivity contribution in [3.8, 4) is 5.88 Å². The van der Waals surface area contributed by atoms with E-state index in [1.807, 2.05) is 19.9 Å². The first-order chi connectivity index (χ1) is 10.1. The molecule has 1 unspecified atom stereocenters. The van der Waals surface area contributed by atoms with E-state index in [1.165, 1.54) is 0 Å². The molecule has 1 atom stereocenters. The molecule has 0 radical (unpaired) electrons. The first kappa shape index (κ1) is 13.6. The van der Waals surface area contributed by atoms with Crippen molar-refractivity contribution in [3.05, 3.63) is 53.2 Å². The highest BCUT2D eigenvalue weighted by molar-refractivity contribution is 6.07. The molecular formula is C16H16N2O3. The molecule has 0 spiro atoms. The Kier molecular flexibility index (Phi) is 3.14. The van der Waals surface area contributed by atoms with Crippen LogP contribution in [-0.4, -0.2) is 22.6 Å². The van der Waals surface area contributed by atoms with Crippen molar-refractivity contribution >= 4 is 11.6 Å². The zero-order valence-corrected chi connectivity index (χ0v) is 11.9. The zero-order valence-electron chi connectivity index (χ0n) is 11.9. The molecule has 0 saturated heterocycles. The molecule has 21 heavy (non-hydrogen) atoms. The Morgan fingerprint density at radius 2 is 2.14 bits per heavy atom. The maximum atomic E-state index is 12.4. The van der Waals surface area contributed by atoms with Crippen molar-refractivity contribution in [3.63, 3.8) is 0 Å². The largest absolute Gasteiger partial charge is 0.478 e. The van der Waals surface area contributed by atoms with Crippen LogP contribution < -0.4 is 10.1 Å². The van der Waals surface area contributed by atoms with Crippen molar-refractivity contribution in [2.24, 2.45) is 0 Å². The minimum atomic E-state index is -1.78. The second kappa shape index (κ2) is 4.86. The number of carbonyl (C=O) groups is 1. The van der Waals surface area contributed by atoms with E-state index in [0.29, 0.717) is 23.4 Å². The Balaban J connectivity index is 2.22. The van der Waals surface area contributed by atoms with Crippen molar-refractivity contribution in [2.75, 3.05) is 11.9 Å². The van der Waals surface area contributed by atoms with E-state index in [2.05, 4.69) is 10.3 Å². The fourth-order valence-corrected chi connectivity index (χ4v) is 2.59. The highest BCUT2D eigenvalue weighted by atomic mass is 16.5. The highest BCUT2D eigenvalue weighted by Crippen LogP contribution is 2.43. The summed E-state index contributed by atoms with van der Waals surface area (Å²) in [6.07, 6.45) is 1.57. The summed E-state index contributed by atoms with van der Waals surface area (Å²) in [5.74, 6) is -0.218. The van der Waals surface area contributed by atoms with Crippen LogP contribution in [0.4, 0.5) is 5.69 Å². The first-order valence-corrected chi connectivity index (χ1v) is 6.80. The van der Waals surface area contributed by atoms with Crippen LogP contribution in [0.1, 0.15) is 23.6 Å². The van der Waals surface area contributed by atoms with Crippen molar-refractivity contribution < 1.29 is 14.6 Å². The molecule has 5 heteroatoms. The summed E-state index contributed by atoms with van der Waals surface area (Å²) in [4.78, 5) is 16.5. The number of aliphatic hydroxyl groups is 1. The van der Waals surface area contributed by atoms with Gasteiger partial charge in [0.1, 0.15) is 0 Å². The molecule has 2 aromatic rings. The van der Waals surface area contributed by atoms with Crippen LogP contribution >= 0.6 is 0 Å². The summed E-state index contributed by atoms with van der Waals surface area (Å²) < 4.78 is 5.46. The average molecular weight is 284 g/mol. The third-order valence-electron chi connectivity index (χ3n) is 3.58. The predicted molar refractivity (Wildman–Crippen MR) is 78.2 cm³/mol. The SMILES string of the molecule is CCOc1ncccc1C1(O)C(=O)Nc2ccc(C)cc21. The Bertz CT molecular complexity index is 714. The van der Waals surface area contributed by atoms with Crippen LogP contribution in [0.25, 0.3) is 0 Å². The number of nitrogens with one attached hydrogen (secondary N) is 1. The van der Waals surface area contributed by atoms with Crippen LogP contribution in [-0.2, 0) is 10.4 Å². The minimum absolute atomic E-state index is 0.270. The lowest BCUT2D eigenvalue weighted by atomic mass is 9.87. The molecule has 2 heterocycles. The standard InChI is InChI=1S/C16H16N2O3/c1-3-21-14-11(5-4-8-17-14)16(20)12-9-10(2)6-7-13(12)18-15(16)19/h4-9,20H,3H2,1-2H3,(H,18,19). The van der Waals surface area contributed by atoms with Gasteiger partial charge in [0.2, 0.25) is 11.5 Å². The van der Waals surface area contributed by atoms with Gasteiger partial charge in [0.25, 0.3) is 5.91 Å². The maximum absolute atomic E-state index is 12.4. The molecule has 0 aliphatic carbocycles. The normalized spacial score (nSPS) is 20.0. The van der Waals surface area contributed by atoms with Gasteiger partial charge >= 0.3 is 0 Å². The molecule has 0 bridgehead atoms. The number of ether oxygens (including phenoxy) is 1. The van der Waals surface area contributed by atoms with Gasteiger partial charge in [-0.25, -0.2) is 4.98 Å². The lowest BCUT2D eigenvalue weighted by Crippen LogP contribution is -2.36.